The molecule has 0 saturated carbocycles. The van der Waals surface area contributed by atoms with Gasteiger partial charge in [-0.25, -0.2) is 4.79 Å². The van der Waals surface area contributed by atoms with Gasteiger partial charge in [-0.3, -0.25) is 4.79 Å². The molecule has 1 fully saturated rings. The largest absolute Gasteiger partial charge is 0.479 e. The van der Waals surface area contributed by atoms with Gasteiger partial charge in [-0.1, -0.05) is 27.7 Å². The Morgan fingerprint density at radius 1 is 1.40 bits per heavy atom. The second-order valence-electron chi connectivity index (χ2n) is 6.98. The Kier molecular flexibility index (Phi) is 5.19. The van der Waals surface area contributed by atoms with Gasteiger partial charge in [0.1, 0.15) is 5.54 Å². The van der Waals surface area contributed by atoms with Crippen molar-refractivity contribution in [2.24, 2.45) is 17.1 Å². The van der Waals surface area contributed by atoms with Gasteiger partial charge in [-0.05, 0) is 31.1 Å². The van der Waals surface area contributed by atoms with E-state index in [-0.39, 0.29) is 23.8 Å². The van der Waals surface area contributed by atoms with Crippen molar-refractivity contribution >= 4 is 11.9 Å². The maximum Gasteiger partial charge on any atom is 0.329 e. The van der Waals surface area contributed by atoms with E-state index in [1.807, 2.05) is 6.92 Å². The Morgan fingerprint density at radius 3 is 2.40 bits per heavy atom. The number of hydrogen-bond acceptors (Lipinski definition) is 3. The average Bonchev–Trinajstić information content (AvgIpc) is 2.78. The molecule has 0 aromatic heterocycles. The van der Waals surface area contributed by atoms with E-state index < -0.39 is 11.5 Å². The van der Waals surface area contributed by atoms with E-state index in [1.165, 1.54) is 0 Å². The average molecular weight is 284 g/mol. The van der Waals surface area contributed by atoms with Crippen LogP contribution < -0.4 is 5.73 Å². The van der Waals surface area contributed by atoms with Gasteiger partial charge in [0.25, 0.3) is 0 Å². The fraction of sp³-hybridized carbons (Fsp3) is 0.867. The first-order valence-corrected chi connectivity index (χ1v) is 7.43. The lowest BCUT2D eigenvalue weighted by molar-refractivity contribution is -0.158. The highest BCUT2D eigenvalue weighted by molar-refractivity contribution is 5.89. The third-order valence-corrected chi connectivity index (χ3v) is 4.23. The molecule has 0 aromatic carbocycles. The minimum atomic E-state index is -1.03. The highest BCUT2D eigenvalue weighted by Crippen LogP contribution is 2.35. The fourth-order valence-electron chi connectivity index (χ4n) is 3.17. The van der Waals surface area contributed by atoms with Crippen LogP contribution in [0.3, 0.4) is 0 Å². The lowest BCUT2D eigenvalue weighted by atomic mass is 9.83. The highest BCUT2D eigenvalue weighted by Gasteiger charge is 2.49. The smallest absolute Gasteiger partial charge is 0.329 e. The highest BCUT2D eigenvalue weighted by atomic mass is 16.4. The van der Waals surface area contributed by atoms with Gasteiger partial charge in [-0.15, -0.1) is 0 Å². The van der Waals surface area contributed by atoms with Crippen LogP contribution in [0.25, 0.3) is 0 Å². The molecule has 0 aliphatic carbocycles. The quantitative estimate of drug-likeness (QED) is 0.807. The monoisotopic (exact) mass is 284 g/mol. The number of nitrogens with zero attached hydrogens (tertiary/aromatic N) is 1. The number of carbonyl (C=O) groups is 2. The van der Waals surface area contributed by atoms with Gasteiger partial charge in [0, 0.05) is 13.1 Å². The molecule has 1 aliphatic rings. The van der Waals surface area contributed by atoms with E-state index >= 15 is 0 Å². The molecule has 1 amide bonds. The summed E-state index contributed by atoms with van der Waals surface area (Å²) in [5, 5.41) is 9.54. The number of carboxylic acids is 1. The normalized spacial score (nSPS) is 24.8. The van der Waals surface area contributed by atoms with Crippen molar-refractivity contribution < 1.29 is 14.7 Å². The zero-order valence-corrected chi connectivity index (χ0v) is 13.1. The summed E-state index contributed by atoms with van der Waals surface area (Å²) in [5.41, 5.74) is 4.73. The molecule has 116 valence electrons. The SMILES string of the molecule is CCC1(C(=O)O)CCCN1C(=O)C(CN)CC(C)(C)C. The second-order valence-corrected chi connectivity index (χ2v) is 6.98. The third-order valence-electron chi connectivity index (χ3n) is 4.23. The summed E-state index contributed by atoms with van der Waals surface area (Å²) < 4.78 is 0. The van der Waals surface area contributed by atoms with E-state index in [9.17, 15) is 14.7 Å². The number of carboxylic acid groups (broad SMARTS) is 1. The first-order valence-electron chi connectivity index (χ1n) is 7.43. The van der Waals surface area contributed by atoms with Crippen molar-refractivity contribution in [2.75, 3.05) is 13.1 Å². The van der Waals surface area contributed by atoms with Crippen LogP contribution in [0.5, 0.6) is 0 Å². The van der Waals surface area contributed by atoms with Crippen LogP contribution in [0.15, 0.2) is 0 Å². The summed E-state index contributed by atoms with van der Waals surface area (Å²) in [6.07, 6.45) is 2.41. The van der Waals surface area contributed by atoms with Crippen molar-refractivity contribution in [3.8, 4) is 0 Å². The minimum Gasteiger partial charge on any atom is -0.479 e. The van der Waals surface area contributed by atoms with Crippen LogP contribution in [0.1, 0.15) is 53.4 Å². The number of nitrogens with two attached hydrogens (primary N) is 1. The molecule has 1 aliphatic heterocycles. The van der Waals surface area contributed by atoms with Crippen molar-refractivity contribution in [3.63, 3.8) is 0 Å². The van der Waals surface area contributed by atoms with Crippen LogP contribution in [0.2, 0.25) is 0 Å². The van der Waals surface area contributed by atoms with E-state index in [2.05, 4.69) is 20.8 Å². The van der Waals surface area contributed by atoms with Gasteiger partial charge in [0.2, 0.25) is 5.91 Å². The summed E-state index contributed by atoms with van der Waals surface area (Å²) in [5.74, 6) is -1.28. The molecule has 1 saturated heterocycles. The van der Waals surface area contributed by atoms with Crippen LogP contribution in [0, 0.1) is 11.3 Å². The predicted molar refractivity (Wildman–Crippen MR) is 78.2 cm³/mol. The van der Waals surface area contributed by atoms with Crippen molar-refractivity contribution in [3.05, 3.63) is 0 Å². The Balaban J connectivity index is 2.96. The number of amides is 1. The van der Waals surface area contributed by atoms with Crippen LogP contribution in [-0.4, -0.2) is 40.5 Å². The number of likely N-dealkylation sites (tertiary alicyclic amines) is 1. The molecular formula is C15H28N2O3. The first-order chi connectivity index (χ1) is 9.18. The molecular weight excluding hydrogens is 256 g/mol. The summed E-state index contributed by atoms with van der Waals surface area (Å²) in [6.45, 7) is 8.83. The molecule has 3 N–H and O–H groups in total. The maximum absolute atomic E-state index is 12.7. The third kappa shape index (κ3) is 3.32. The molecule has 20 heavy (non-hydrogen) atoms. The lowest BCUT2D eigenvalue weighted by Crippen LogP contribution is -2.55. The maximum atomic E-state index is 12.7. The molecule has 2 atom stereocenters. The number of carbonyl (C=O) groups excluding carboxylic acids is 1. The molecule has 5 heteroatoms. The number of hydrogen-bond donors (Lipinski definition) is 2. The van der Waals surface area contributed by atoms with Gasteiger partial charge < -0.3 is 15.7 Å². The van der Waals surface area contributed by atoms with Crippen LogP contribution in [-0.2, 0) is 9.59 Å². The zero-order valence-electron chi connectivity index (χ0n) is 13.1. The Morgan fingerprint density at radius 2 is 2.00 bits per heavy atom. The fourth-order valence-corrected chi connectivity index (χ4v) is 3.17. The molecule has 0 radical (unpaired) electrons. The van der Waals surface area contributed by atoms with Gasteiger partial charge in [0.05, 0.1) is 5.92 Å². The van der Waals surface area contributed by atoms with Crippen molar-refractivity contribution in [2.45, 2.75) is 58.9 Å². The first kappa shape index (κ1) is 17.0. The molecule has 5 nitrogen and oxygen atoms in total. The molecule has 0 aromatic rings. The van der Waals surface area contributed by atoms with Crippen molar-refractivity contribution in [1.82, 2.24) is 4.90 Å². The number of aliphatic carboxylic acids is 1. The summed E-state index contributed by atoms with van der Waals surface area (Å²) in [4.78, 5) is 25.9. The van der Waals surface area contributed by atoms with E-state index in [0.29, 0.717) is 25.8 Å². The zero-order chi connectivity index (χ0) is 15.6. The molecule has 1 heterocycles. The Labute approximate surface area is 121 Å². The topological polar surface area (TPSA) is 83.6 Å². The van der Waals surface area contributed by atoms with E-state index in [0.717, 1.165) is 6.42 Å². The standard InChI is InChI=1S/C15H28N2O3/c1-5-15(13(19)20)7-6-8-17(15)12(18)11(10-16)9-14(2,3)4/h11H,5-10,16H2,1-4H3,(H,19,20). The Hall–Kier alpha value is -1.10. The second kappa shape index (κ2) is 6.12. The van der Waals surface area contributed by atoms with Gasteiger partial charge in [0.15, 0.2) is 0 Å². The van der Waals surface area contributed by atoms with E-state index in [4.69, 9.17) is 5.73 Å². The molecule has 1 rings (SSSR count). The predicted octanol–water partition coefficient (Wildman–Crippen LogP) is 1.85. The summed E-state index contributed by atoms with van der Waals surface area (Å²) >= 11 is 0. The molecule has 2 unspecified atom stereocenters. The van der Waals surface area contributed by atoms with E-state index in [1.54, 1.807) is 4.90 Å². The van der Waals surface area contributed by atoms with Crippen LogP contribution >= 0.6 is 0 Å². The number of rotatable bonds is 5. The minimum absolute atomic E-state index is 0.00246. The van der Waals surface area contributed by atoms with Gasteiger partial charge in [-0.2, -0.15) is 0 Å². The summed E-state index contributed by atoms with van der Waals surface area (Å²) in [7, 11) is 0. The molecule has 0 spiro atoms. The Bertz CT molecular complexity index is 376. The lowest BCUT2D eigenvalue weighted by Gasteiger charge is -2.37. The van der Waals surface area contributed by atoms with Crippen LogP contribution in [0.4, 0.5) is 0 Å². The summed E-state index contributed by atoms with van der Waals surface area (Å²) in [6, 6.07) is 0. The van der Waals surface area contributed by atoms with Gasteiger partial charge >= 0.3 is 5.97 Å². The van der Waals surface area contributed by atoms with Crippen molar-refractivity contribution in [1.29, 1.82) is 0 Å². The molecule has 0 bridgehead atoms.